The molecule has 0 bridgehead atoms. The smallest absolute Gasteiger partial charge is 0.230 e. The van der Waals surface area contributed by atoms with Crippen LogP contribution < -0.4 is 10.0 Å². The summed E-state index contributed by atoms with van der Waals surface area (Å²) in [7, 11) is -3.20. The minimum absolute atomic E-state index is 0.00688. The molecule has 0 aromatic rings. The van der Waals surface area contributed by atoms with Crippen LogP contribution in [0, 0.1) is 11.3 Å². The van der Waals surface area contributed by atoms with Gasteiger partial charge in [-0.3, -0.25) is 4.79 Å². The molecule has 2 N–H and O–H groups in total. The van der Waals surface area contributed by atoms with Gasteiger partial charge in [0.05, 0.1) is 24.9 Å². The van der Waals surface area contributed by atoms with Gasteiger partial charge >= 0.3 is 0 Å². The van der Waals surface area contributed by atoms with Crippen molar-refractivity contribution >= 4 is 15.9 Å². The number of hydrogen-bond acceptors (Lipinski definition) is 4. The molecular weight excluding hydrogens is 280 g/mol. The third kappa shape index (κ3) is 3.93. The van der Waals surface area contributed by atoms with E-state index in [1.807, 2.05) is 6.92 Å². The summed E-state index contributed by atoms with van der Waals surface area (Å²) in [6.45, 7) is 3.35. The zero-order chi connectivity index (χ0) is 14.8. The molecule has 0 spiro atoms. The predicted molar refractivity (Wildman–Crippen MR) is 75.7 cm³/mol. The molecule has 116 valence electrons. The van der Waals surface area contributed by atoms with Crippen LogP contribution in [-0.2, 0) is 19.6 Å². The van der Waals surface area contributed by atoms with Gasteiger partial charge in [0.1, 0.15) is 0 Å². The lowest BCUT2D eigenvalue weighted by molar-refractivity contribution is -0.157. The maximum absolute atomic E-state index is 12.1. The number of ether oxygens (including phenoxy) is 1. The van der Waals surface area contributed by atoms with Gasteiger partial charge in [-0.15, -0.1) is 0 Å². The summed E-state index contributed by atoms with van der Waals surface area (Å²) in [5.41, 5.74) is -0.408. The molecule has 6 nitrogen and oxygen atoms in total. The van der Waals surface area contributed by atoms with Gasteiger partial charge in [0.25, 0.3) is 0 Å². The molecular formula is C13H24N2O4S. The second-order valence-corrected chi connectivity index (χ2v) is 8.08. The Bertz CT molecular complexity index is 459. The van der Waals surface area contributed by atoms with Crippen LogP contribution in [0.15, 0.2) is 0 Å². The van der Waals surface area contributed by atoms with Crippen LogP contribution in [0.5, 0.6) is 0 Å². The average molecular weight is 304 g/mol. The highest BCUT2D eigenvalue weighted by molar-refractivity contribution is 7.88. The molecule has 0 aromatic heterocycles. The molecule has 2 rings (SSSR count). The maximum atomic E-state index is 12.1. The van der Waals surface area contributed by atoms with Crippen LogP contribution in [0.1, 0.15) is 32.6 Å². The lowest BCUT2D eigenvalue weighted by Crippen LogP contribution is -2.54. The fraction of sp³-hybridized carbons (Fsp3) is 0.923. The largest absolute Gasteiger partial charge is 0.379 e. The van der Waals surface area contributed by atoms with E-state index in [9.17, 15) is 13.2 Å². The van der Waals surface area contributed by atoms with Gasteiger partial charge < -0.3 is 10.1 Å². The van der Waals surface area contributed by atoms with E-state index in [1.165, 1.54) is 6.26 Å². The van der Waals surface area contributed by atoms with Crippen molar-refractivity contribution in [1.29, 1.82) is 0 Å². The standard InChI is InChI=1S/C13H24N2O4S/c1-13(8-19-9-13)12(16)14-7-10-5-3-4-6-11(10)15-20(2,17)18/h10-11,15H,3-9H2,1-2H3,(H,14,16). The van der Waals surface area contributed by atoms with E-state index in [1.54, 1.807) is 0 Å². The lowest BCUT2D eigenvalue weighted by atomic mass is 9.84. The number of carbonyl (C=O) groups excluding carboxylic acids is 1. The Hall–Kier alpha value is -0.660. The van der Waals surface area contributed by atoms with Crippen molar-refractivity contribution in [3.05, 3.63) is 0 Å². The quantitative estimate of drug-likeness (QED) is 0.762. The first-order valence-corrected chi connectivity index (χ1v) is 9.03. The molecule has 1 saturated carbocycles. The maximum Gasteiger partial charge on any atom is 0.230 e. The third-order valence-corrected chi connectivity index (χ3v) is 4.92. The molecule has 1 heterocycles. The second kappa shape index (κ2) is 5.99. The van der Waals surface area contributed by atoms with E-state index in [0.29, 0.717) is 19.8 Å². The van der Waals surface area contributed by atoms with Crippen LogP contribution in [-0.4, -0.2) is 46.4 Å². The van der Waals surface area contributed by atoms with Crippen LogP contribution in [0.25, 0.3) is 0 Å². The molecule has 1 aliphatic heterocycles. The Balaban J connectivity index is 1.87. The number of rotatable bonds is 5. The number of nitrogens with one attached hydrogen (secondary N) is 2. The first kappa shape index (κ1) is 15.7. The Morgan fingerprint density at radius 1 is 1.30 bits per heavy atom. The first-order valence-electron chi connectivity index (χ1n) is 7.13. The molecule has 2 unspecified atom stereocenters. The van der Waals surface area contributed by atoms with Crippen molar-refractivity contribution in [2.75, 3.05) is 26.0 Å². The normalized spacial score (nSPS) is 29.5. The number of carbonyl (C=O) groups is 1. The van der Waals surface area contributed by atoms with Gasteiger partial charge in [0.15, 0.2) is 0 Å². The minimum Gasteiger partial charge on any atom is -0.379 e. The van der Waals surface area contributed by atoms with Crippen molar-refractivity contribution in [2.24, 2.45) is 11.3 Å². The van der Waals surface area contributed by atoms with E-state index >= 15 is 0 Å². The van der Waals surface area contributed by atoms with E-state index in [0.717, 1.165) is 25.7 Å². The van der Waals surface area contributed by atoms with E-state index < -0.39 is 15.4 Å². The minimum atomic E-state index is -3.20. The van der Waals surface area contributed by atoms with E-state index in [-0.39, 0.29) is 17.9 Å². The first-order chi connectivity index (χ1) is 9.30. The number of hydrogen-bond donors (Lipinski definition) is 2. The number of sulfonamides is 1. The van der Waals surface area contributed by atoms with Crippen molar-refractivity contribution in [3.8, 4) is 0 Å². The SMILES string of the molecule is CC1(C(=O)NCC2CCCCC2NS(C)(=O)=O)COC1. The topological polar surface area (TPSA) is 84.5 Å². The highest BCUT2D eigenvalue weighted by Crippen LogP contribution is 2.28. The average Bonchev–Trinajstić information content (AvgIpc) is 2.32. The van der Waals surface area contributed by atoms with Crippen LogP contribution >= 0.6 is 0 Å². The highest BCUT2D eigenvalue weighted by atomic mass is 32.2. The molecule has 20 heavy (non-hydrogen) atoms. The Kier molecular flexibility index (Phi) is 4.71. The third-order valence-electron chi connectivity index (χ3n) is 4.19. The van der Waals surface area contributed by atoms with Gasteiger partial charge in [0.2, 0.25) is 15.9 Å². The van der Waals surface area contributed by atoms with Gasteiger partial charge in [0, 0.05) is 12.6 Å². The lowest BCUT2D eigenvalue weighted by Gasteiger charge is -2.37. The van der Waals surface area contributed by atoms with Gasteiger partial charge in [-0.05, 0) is 25.7 Å². The fourth-order valence-corrected chi connectivity index (χ4v) is 3.72. The summed E-state index contributed by atoms with van der Waals surface area (Å²) < 4.78 is 30.5. The number of amides is 1. The van der Waals surface area contributed by atoms with Crippen molar-refractivity contribution < 1.29 is 17.9 Å². The summed E-state index contributed by atoms with van der Waals surface area (Å²) >= 11 is 0. The Morgan fingerprint density at radius 3 is 2.50 bits per heavy atom. The second-order valence-electron chi connectivity index (χ2n) is 6.30. The molecule has 1 saturated heterocycles. The fourth-order valence-electron chi connectivity index (χ4n) is 2.86. The molecule has 1 amide bonds. The van der Waals surface area contributed by atoms with Crippen LogP contribution in [0.4, 0.5) is 0 Å². The Morgan fingerprint density at radius 2 is 1.95 bits per heavy atom. The van der Waals surface area contributed by atoms with Crippen molar-refractivity contribution in [2.45, 2.75) is 38.6 Å². The van der Waals surface area contributed by atoms with Gasteiger partial charge in [-0.1, -0.05) is 12.8 Å². The van der Waals surface area contributed by atoms with Crippen molar-refractivity contribution in [3.63, 3.8) is 0 Å². The molecule has 2 fully saturated rings. The monoisotopic (exact) mass is 304 g/mol. The van der Waals surface area contributed by atoms with Crippen molar-refractivity contribution in [1.82, 2.24) is 10.0 Å². The van der Waals surface area contributed by atoms with Crippen LogP contribution in [0.2, 0.25) is 0 Å². The summed E-state index contributed by atoms with van der Waals surface area (Å²) in [4.78, 5) is 12.1. The van der Waals surface area contributed by atoms with Gasteiger partial charge in [-0.2, -0.15) is 0 Å². The summed E-state index contributed by atoms with van der Waals surface area (Å²) in [6, 6.07) is -0.0653. The van der Waals surface area contributed by atoms with Crippen LogP contribution in [0.3, 0.4) is 0 Å². The molecule has 2 aliphatic rings. The molecule has 0 aromatic carbocycles. The van der Waals surface area contributed by atoms with E-state index in [4.69, 9.17) is 4.74 Å². The molecule has 1 aliphatic carbocycles. The predicted octanol–water partition coefficient (Wildman–Crippen LogP) is 0.247. The zero-order valence-corrected chi connectivity index (χ0v) is 13.0. The summed E-state index contributed by atoms with van der Waals surface area (Å²) in [6.07, 6.45) is 5.09. The molecule has 2 atom stereocenters. The molecule has 7 heteroatoms. The summed E-state index contributed by atoms with van der Waals surface area (Å²) in [5.74, 6) is 0.180. The summed E-state index contributed by atoms with van der Waals surface area (Å²) in [5, 5.41) is 2.96. The van der Waals surface area contributed by atoms with Gasteiger partial charge in [-0.25, -0.2) is 13.1 Å². The molecule has 0 radical (unpaired) electrons. The zero-order valence-electron chi connectivity index (χ0n) is 12.1. The van der Waals surface area contributed by atoms with E-state index in [2.05, 4.69) is 10.0 Å². The highest BCUT2D eigenvalue weighted by Gasteiger charge is 2.41. The Labute approximate surface area is 120 Å².